The summed E-state index contributed by atoms with van der Waals surface area (Å²) in [4.78, 5) is 14.5. The van der Waals surface area contributed by atoms with E-state index in [1.807, 2.05) is 6.92 Å². The lowest BCUT2D eigenvalue weighted by Gasteiger charge is -2.44. The number of piperidine rings is 1. The molecule has 0 aromatic heterocycles. The van der Waals surface area contributed by atoms with Crippen molar-refractivity contribution >= 4 is 5.91 Å². The van der Waals surface area contributed by atoms with Gasteiger partial charge in [0.2, 0.25) is 5.91 Å². The Kier molecular flexibility index (Phi) is 5.04. The number of amides is 1. The average molecular weight is 283 g/mol. The second-order valence-corrected chi connectivity index (χ2v) is 6.91. The van der Waals surface area contributed by atoms with Gasteiger partial charge in [0.05, 0.1) is 12.1 Å². The number of hydrogen-bond donors (Lipinski definition) is 2. The van der Waals surface area contributed by atoms with Gasteiger partial charge in [0.25, 0.3) is 0 Å². The Morgan fingerprint density at radius 3 is 2.85 bits per heavy atom. The largest absolute Gasteiger partial charge is 0.376 e. The van der Waals surface area contributed by atoms with E-state index < -0.39 is 0 Å². The summed E-state index contributed by atoms with van der Waals surface area (Å²) in [6, 6.07) is 0.129. The first kappa shape index (κ1) is 15.7. The van der Waals surface area contributed by atoms with Crippen LogP contribution >= 0.6 is 0 Å². The number of hydrogen-bond acceptors (Lipinski definition) is 4. The monoisotopic (exact) mass is 283 g/mol. The number of carbonyl (C=O) groups excluding carboxylic acids is 1. The highest BCUT2D eigenvalue weighted by Crippen LogP contribution is 2.28. The summed E-state index contributed by atoms with van der Waals surface area (Å²) in [6.07, 6.45) is 3.32. The van der Waals surface area contributed by atoms with Crippen LogP contribution in [0.5, 0.6) is 0 Å². The zero-order chi connectivity index (χ0) is 14.8. The molecule has 2 saturated heterocycles. The Morgan fingerprint density at radius 1 is 1.50 bits per heavy atom. The number of rotatable bonds is 4. The molecule has 1 amide bonds. The number of nitrogens with two attached hydrogens (primary N) is 1. The molecule has 2 aliphatic heterocycles. The first-order chi connectivity index (χ1) is 9.40. The summed E-state index contributed by atoms with van der Waals surface area (Å²) < 4.78 is 5.53. The first-order valence-corrected chi connectivity index (χ1v) is 7.79. The zero-order valence-electron chi connectivity index (χ0n) is 13.0. The highest BCUT2D eigenvalue weighted by atomic mass is 16.5. The molecule has 3 unspecified atom stereocenters. The zero-order valence-corrected chi connectivity index (χ0v) is 13.0. The predicted octanol–water partition coefficient (Wildman–Crippen LogP) is 0.729. The van der Waals surface area contributed by atoms with Crippen LogP contribution in [0.4, 0.5) is 0 Å². The van der Waals surface area contributed by atoms with Crippen LogP contribution in [0.1, 0.15) is 40.0 Å². The van der Waals surface area contributed by atoms with Crippen molar-refractivity contribution in [1.29, 1.82) is 0 Å². The van der Waals surface area contributed by atoms with Gasteiger partial charge in [-0.1, -0.05) is 13.8 Å². The number of carbonyl (C=O) groups is 1. The molecule has 2 rings (SSSR count). The SMILES string of the molecule is CC(C(=O)NCC1CCCO1)N1CCC(N)C(C)(C)C1. The fourth-order valence-electron chi connectivity index (χ4n) is 3.08. The van der Waals surface area contributed by atoms with Gasteiger partial charge in [-0.05, 0) is 31.6 Å². The number of likely N-dealkylation sites (tertiary alicyclic amines) is 1. The van der Waals surface area contributed by atoms with E-state index in [9.17, 15) is 4.79 Å². The summed E-state index contributed by atoms with van der Waals surface area (Å²) in [5, 5.41) is 3.02. The standard InChI is InChI=1S/C15H29N3O2/c1-11(14(19)17-9-12-5-4-8-20-12)18-7-6-13(16)15(2,3)10-18/h11-13H,4-10,16H2,1-3H3,(H,17,19). The van der Waals surface area contributed by atoms with Crippen molar-refractivity contribution in [2.75, 3.05) is 26.2 Å². The third kappa shape index (κ3) is 3.71. The van der Waals surface area contributed by atoms with Crippen molar-refractivity contribution < 1.29 is 9.53 Å². The molecule has 0 radical (unpaired) electrons. The van der Waals surface area contributed by atoms with Gasteiger partial charge >= 0.3 is 0 Å². The molecule has 0 bridgehead atoms. The van der Waals surface area contributed by atoms with Crippen LogP contribution < -0.4 is 11.1 Å². The molecule has 20 heavy (non-hydrogen) atoms. The Balaban J connectivity index is 1.80. The Bertz CT molecular complexity index is 340. The third-order valence-electron chi connectivity index (χ3n) is 4.80. The number of nitrogens with one attached hydrogen (secondary N) is 1. The van der Waals surface area contributed by atoms with Gasteiger partial charge in [-0.2, -0.15) is 0 Å². The van der Waals surface area contributed by atoms with Gasteiger partial charge in [0, 0.05) is 32.3 Å². The predicted molar refractivity (Wildman–Crippen MR) is 79.4 cm³/mol. The van der Waals surface area contributed by atoms with Crippen LogP contribution in [0.3, 0.4) is 0 Å². The van der Waals surface area contributed by atoms with Gasteiger partial charge in [0.15, 0.2) is 0 Å². The van der Waals surface area contributed by atoms with Crippen LogP contribution in [0.2, 0.25) is 0 Å². The van der Waals surface area contributed by atoms with Crippen LogP contribution in [0.25, 0.3) is 0 Å². The van der Waals surface area contributed by atoms with Gasteiger partial charge in [-0.25, -0.2) is 0 Å². The highest BCUT2D eigenvalue weighted by molar-refractivity contribution is 5.81. The minimum absolute atomic E-state index is 0.0708. The maximum absolute atomic E-state index is 12.3. The Labute approximate surface area is 122 Å². The van der Waals surface area contributed by atoms with Crippen molar-refractivity contribution in [3.63, 3.8) is 0 Å². The topological polar surface area (TPSA) is 67.6 Å². The third-order valence-corrected chi connectivity index (χ3v) is 4.80. The van der Waals surface area contributed by atoms with Gasteiger partial charge in [-0.15, -0.1) is 0 Å². The van der Waals surface area contributed by atoms with Crippen molar-refractivity contribution in [3.05, 3.63) is 0 Å². The smallest absolute Gasteiger partial charge is 0.237 e. The molecule has 0 saturated carbocycles. The molecule has 5 nitrogen and oxygen atoms in total. The molecule has 2 aliphatic rings. The molecular weight excluding hydrogens is 254 g/mol. The summed E-state index contributed by atoms with van der Waals surface area (Å²) in [6.45, 7) is 9.59. The van der Waals surface area contributed by atoms with Gasteiger partial charge in [0.1, 0.15) is 0 Å². The Morgan fingerprint density at radius 2 is 2.25 bits per heavy atom. The van der Waals surface area contributed by atoms with E-state index in [1.165, 1.54) is 0 Å². The van der Waals surface area contributed by atoms with Crippen molar-refractivity contribution in [3.8, 4) is 0 Å². The molecule has 3 atom stereocenters. The summed E-state index contributed by atoms with van der Waals surface area (Å²) in [5.74, 6) is 0.103. The molecule has 5 heteroatoms. The van der Waals surface area contributed by atoms with E-state index in [-0.39, 0.29) is 29.5 Å². The minimum atomic E-state index is -0.0943. The number of ether oxygens (including phenoxy) is 1. The molecular formula is C15H29N3O2. The molecule has 0 aliphatic carbocycles. The fraction of sp³-hybridized carbons (Fsp3) is 0.933. The summed E-state index contributed by atoms with van der Waals surface area (Å²) in [7, 11) is 0. The van der Waals surface area contributed by atoms with E-state index in [2.05, 4.69) is 24.1 Å². The maximum atomic E-state index is 12.3. The van der Waals surface area contributed by atoms with Crippen molar-refractivity contribution in [2.24, 2.45) is 11.1 Å². The molecule has 0 spiro atoms. The molecule has 3 N–H and O–H groups in total. The van der Waals surface area contributed by atoms with E-state index in [0.29, 0.717) is 6.54 Å². The van der Waals surface area contributed by atoms with Gasteiger partial charge in [-0.3, -0.25) is 9.69 Å². The summed E-state index contributed by atoms with van der Waals surface area (Å²) >= 11 is 0. The van der Waals surface area contributed by atoms with Crippen molar-refractivity contribution in [2.45, 2.75) is 58.2 Å². The first-order valence-electron chi connectivity index (χ1n) is 7.79. The molecule has 0 aromatic carbocycles. The van der Waals surface area contributed by atoms with E-state index in [1.54, 1.807) is 0 Å². The quantitative estimate of drug-likeness (QED) is 0.798. The lowest BCUT2D eigenvalue weighted by atomic mass is 9.79. The fourth-order valence-corrected chi connectivity index (χ4v) is 3.08. The van der Waals surface area contributed by atoms with E-state index in [4.69, 9.17) is 10.5 Å². The molecule has 2 heterocycles. The average Bonchev–Trinajstić information content (AvgIpc) is 2.91. The van der Waals surface area contributed by atoms with Crippen LogP contribution in [-0.4, -0.2) is 55.2 Å². The van der Waals surface area contributed by atoms with Crippen LogP contribution in [-0.2, 0) is 9.53 Å². The normalized spacial score (nSPS) is 32.0. The highest BCUT2D eigenvalue weighted by Gasteiger charge is 2.36. The summed E-state index contributed by atoms with van der Waals surface area (Å²) in [5.41, 5.74) is 6.22. The maximum Gasteiger partial charge on any atom is 0.237 e. The van der Waals surface area contributed by atoms with Crippen LogP contribution in [0.15, 0.2) is 0 Å². The Hall–Kier alpha value is -0.650. The van der Waals surface area contributed by atoms with E-state index >= 15 is 0 Å². The lowest BCUT2D eigenvalue weighted by molar-refractivity contribution is -0.127. The molecule has 116 valence electrons. The van der Waals surface area contributed by atoms with E-state index in [0.717, 1.165) is 39.0 Å². The number of nitrogens with zero attached hydrogens (tertiary/aromatic N) is 1. The minimum Gasteiger partial charge on any atom is -0.376 e. The second-order valence-electron chi connectivity index (χ2n) is 6.91. The van der Waals surface area contributed by atoms with Crippen molar-refractivity contribution in [1.82, 2.24) is 10.2 Å². The molecule has 2 fully saturated rings. The second kappa shape index (κ2) is 6.41. The lowest BCUT2D eigenvalue weighted by Crippen LogP contribution is -2.57. The van der Waals surface area contributed by atoms with Crippen LogP contribution in [0, 0.1) is 5.41 Å². The molecule has 0 aromatic rings. The van der Waals surface area contributed by atoms with Gasteiger partial charge < -0.3 is 15.8 Å².